The number of hydrogen-bond donors (Lipinski definition) is 4. The fourth-order valence-electron chi connectivity index (χ4n) is 7.09. The van der Waals surface area contributed by atoms with E-state index in [1.807, 2.05) is 0 Å². The first-order valence-corrected chi connectivity index (χ1v) is 17.7. The van der Waals surface area contributed by atoms with Crippen molar-refractivity contribution >= 4 is 39.5 Å². The van der Waals surface area contributed by atoms with Crippen LogP contribution < -0.4 is 15.4 Å². The van der Waals surface area contributed by atoms with Crippen molar-refractivity contribution in [3.8, 4) is 0 Å². The lowest BCUT2D eigenvalue weighted by molar-refractivity contribution is -0.140. The second-order valence-corrected chi connectivity index (χ2v) is 15.5. The van der Waals surface area contributed by atoms with E-state index in [0.717, 1.165) is 11.0 Å². The zero-order chi connectivity index (χ0) is 35.4. The van der Waals surface area contributed by atoms with Crippen LogP contribution in [-0.2, 0) is 31.0 Å². The van der Waals surface area contributed by atoms with Crippen molar-refractivity contribution in [2.45, 2.75) is 75.0 Å². The fraction of sp³-hybridized carbons (Fsp3) is 0.485. The molecular weight excluding hydrogens is 662 g/mol. The molecule has 3 fully saturated rings. The molecule has 2 aliphatic carbocycles. The molecular formula is C33H38F2N6O7S. The van der Waals surface area contributed by atoms with Crippen LogP contribution in [-0.4, -0.2) is 81.5 Å². The number of rotatable bonds is 11. The van der Waals surface area contributed by atoms with Gasteiger partial charge in [0.05, 0.1) is 29.7 Å². The summed E-state index contributed by atoms with van der Waals surface area (Å²) in [5.74, 6) is -5.01. The van der Waals surface area contributed by atoms with Crippen LogP contribution in [0.3, 0.4) is 0 Å². The van der Waals surface area contributed by atoms with E-state index >= 15 is 0 Å². The Balaban J connectivity index is 1.33. The van der Waals surface area contributed by atoms with Gasteiger partial charge < -0.3 is 20.6 Å². The molecule has 2 aliphatic heterocycles. The van der Waals surface area contributed by atoms with Gasteiger partial charge >= 0.3 is 6.09 Å². The number of likely N-dealkylation sites (tertiary alicyclic amines) is 1. The topological polar surface area (TPSA) is 178 Å². The molecule has 2 saturated carbocycles. The van der Waals surface area contributed by atoms with Gasteiger partial charge in [-0.25, -0.2) is 22.6 Å². The van der Waals surface area contributed by atoms with Gasteiger partial charge in [-0.2, -0.15) is 4.39 Å². The molecule has 1 aromatic carbocycles. The summed E-state index contributed by atoms with van der Waals surface area (Å²) in [4.78, 5) is 60.5. The summed E-state index contributed by atoms with van der Waals surface area (Å²) in [6.45, 7) is 6.97. The highest BCUT2D eigenvalue weighted by atomic mass is 32.2. The molecule has 16 heteroatoms. The van der Waals surface area contributed by atoms with Crippen LogP contribution in [0.15, 0.2) is 49.2 Å². The lowest BCUT2D eigenvalue weighted by atomic mass is 9.90. The number of carbonyl (C=O) groups excluding carboxylic acids is 3. The van der Waals surface area contributed by atoms with Gasteiger partial charge in [-0.05, 0) is 55.4 Å². The van der Waals surface area contributed by atoms with Crippen LogP contribution in [0.4, 0.5) is 19.3 Å². The molecule has 262 valence electrons. The molecule has 1 aromatic heterocycles. The zero-order valence-corrected chi connectivity index (χ0v) is 27.8. The van der Waals surface area contributed by atoms with Gasteiger partial charge in [0, 0.05) is 23.9 Å². The maximum Gasteiger partial charge on any atom is 0.408 e. The first kappa shape index (κ1) is 34.3. The number of nitrogens with zero attached hydrogens (tertiary/aromatic N) is 3. The number of nitrogens with one attached hydrogen (secondary N) is 3. The van der Waals surface area contributed by atoms with Crippen LogP contribution in [0.2, 0.25) is 0 Å². The summed E-state index contributed by atoms with van der Waals surface area (Å²) in [5, 5.41) is 15.2. The monoisotopic (exact) mass is 700 g/mol. The molecule has 0 bridgehead atoms. The van der Waals surface area contributed by atoms with E-state index in [9.17, 15) is 41.5 Å². The number of carboxylic acid groups (broad SMARTS) is 1. The minimum atomic E-state index is -3.94. The Bertz CT molecular complexity index is 1800. The zero-order valence-electron chi connectivity index (χ0n) is 26.9. The second-order valence-electron chi connectivity index (χ2n) is 13.6. The number of sulfonamides is 1. The summed E-state index contributed by atoms with van der Waals surface area (Å²) in [6, 6.07) is 3.86. The standard InChI is InChI=1S/C33H38F2N6O7S/c1-4-19-13-33(19,31(44)39-49(47,48)21-9-10-21)38-29(42)25-12-18(28-22-6-5-7-24(34)23(22)16-41(28)32(45)46)15-40(25)30(43)27(17(2)3)37-20-8-11-26(35)36-14-20/h4-8,11,14,17-19,21,25,27-28,37H,1,9-10,12-13,15-16H2,2-3H3,(H,38,42)(H,39,44)(H,45,46)/t18-,19-,25+,27+,28?,33-/m1/s1. The summed E-state index contributed by atoms with van der Waals surface area (Å²) in [6.07, 6.45) is 2.28. The maximum atomic E-state index is 14.9. The van der Waals surface area contributed by atoms with Crippen molar-refractivity contribution in [2.24, 2.45) is 17.8 Å². The van der Waals surface area contributed by atoms with E-state index in [-0.39, 0.29) is 37.4 Å². The number of hydrogen-bond acceptors (Lipinski definition) is 8. The lowest BCUT2D eigenvalue weighted by Gasteiger charge is -2.32. The smallest absolute Gasteiger partial charge is 0.408 e. The van der Waals surface area contributed by atoms with Crippen molar-refractivity contribution in [3.63, 3.8) is 0 Å². The Morgan fingerprint density at radius 2 is 1.86 bits per heavy atom. The van der Waals surface area contributed by atoms with Gasteiger partial charge in [-0.3, -0.25) is 24.0 Å². The Labute approximate surface area is 282 Å². The van der Waals surface area contributed by atoms with E-state index in [0.29, 0.717) is 24.1 Å². The molecule has 0 spiro atoms. The second kappa shape index (κ2) is 12.7. The Hall–Kier alpha value is -4.60. The van der Waals surface area contributed by atoms with Crippen LogP contribution >= 0.6 is 0 Å². The minimum absolute atomic E-state index is 0.0400. The molecule has 4 N–H and O–H groups in total. The highest BCUT2D eigenvalue weighted by Crippen LogP contribution is 2.47. The molecule has 1 saturated heterocycles. The molecule has 6 atom stereocenters. The van der Waals surface area contributed by atoms with Crippen LogP contribution in [0.1, 0.15) is 56.7 Å². The average Bonchev–Trinajstić information content (AvgIpc) is 3.94. The van der Waals surface area contributed by atoms with Crippen molar-refractivity contribution in [2.75, 3.05) is 11.9 Å². The van der Waals surface area contributed by atoms with Gasteiger partial charge in [0.25, 0.3) is 5.91 Å². The fourth-order valence-corrected chi connectivity index (χ4v) is 8.46. The number of aromatic nitrogens is 1. The van der Waals surface area contributed by atoms with E-state index in [1.165, 1.54) is 35.4 Å². The van der Waals surface area contributed by atoms with Crippen molar-refractivity contribution in [1.82, 2.24) is 24.8 Å². The van der Waals surface area contributed by atoms with Crippen molar-refractivity contribution < 1.29 is 41.5 Å². The number of carbonyl (C=O) groups is 4. The third kappa shape index (κ3) is 6.45. The number of fused-ring (bicyclic) bond motifs is 1. The predicted molar refractivity (Wildman–Crippen MR) is 172 cm³/mol. The summed E-state index contributed by atoms with van der Waals surface area (Å²) in [5.41, 5.74) is -0.613. The molecule has 3 heterocycles. The average molecular weight is 701 g/mol. The van der Waals surface area contributed by atoms with Crippen molar-refractivity contribution in [3.05, 3.63) is 72.1 Å². The van der Waals surface area contributed by atoms with E-state index in [1.54, 1.807) is 19.9 Å². The SMILES string of the molecule is C=C[C@@H]1C[C@]1(NC(=O)[C@@H]1C[C@@H](C2c3cccc(F)c3CN2C(=O)O)CN1C(=O)[C@@H](Nc1ccc(F)nc1)C(C)C)C(=O)NS(=O)(=O)C1CC1. The molecule has 1 unspecified atom stereocenters. The first-order chi connectivity index (χ1) is 23.2. The minimum Gasteiger partial charge on any atom is -0.465 e. The third-order valence-corrected chi connectivity index (χ3v) is 11.8. The lowest BCUT2D eigenvalue weighted by Crippen LogP contribution is -2.58. The number of amides is 4. The largest absolute Gasteiger partial charge is 0.465 e. The Morgan fingerprint density at radius 1 is 1.12 bits per heavy atom. The number of anilines is 1. The van der Waals surface area contributed by atoms with E-state index in [4.69, 9.17) is 0 Å². The highest BCUT2D eigenvalue weighted by Gasteiger charge is 2.62. The Kier molecular flexibility index (Phi) is 8.88. The molecule has 6 rings (SSSR count). The van der Waals surface area contributed by atoms with Gasteiger partial charge in [0.15, 0.2) is 0 Å². The van der Waals surface area contributed by atoms with Crippen LogP contribution in [0.25, 0.3) is 0 Å². The van der Waals surface area contributed by atoms with Crippen LogP contribution in [0.5, 0.6) is 0 Å². The number of pyridine rings is 1. The van der Waals surface area contributed by atoms with Crippen molar-refractivity contribution in [1.29, 1.82) is 0 Å². The van der Waals surface area contributed by atoms with E-state index < -0.39 is 86.4 Å². The predicted octanol–water partition coefficient (Wildman–Crippen LogP) is 2.92. The molecule has 0 radical (unpaired) electrons. The number of benzene rings is 1. The summed E-state index contributed by atoms with van der Waals surface area (Å²) < 4.78 is 55.8. The number of halogens is 2. The summed E-state index contributed by atoms with van der Waals surface area (Å²) >= 11 is 0. The highest BCUT2D eigenvalue weighted by molar-refractivity contribution is 7.91. The van der Waals surface area contributed by atoms with Gasteiger partial charge in [0.1, 0.15) is 23.4 Å². The Morgan fingerprint density at radius 3 is 2.45 bits per heavy atom. The molecule has 13 nitrogen and oxygen atoms in total. The van der Waals surface area contributed by atoms with Crippen LogP contribution in [0, 0.1) is 29.5 Å². The van der Waals surface area contributed by atoms with Gasteiger partial charge in [-0.1, -0.05) is 32.1 Å². The molecule has 4 aliphatic rings. The normalized spacial score (nSPS) is 26.6. The first-order valence-electron chi connectivity index (χ1n) is 16.1. The van der Waals surface area contributed by atoms with E-state index in [2.05, 4.69) is 26.9 Å². The van der Waals surface area contributed by atoms with Gasteiger partial charge in [-0.15, -0.1) is 6.58 Å². The summed E-state index contributed by atoms with van der Waals surface area (Å²) in [7, 11) is -3.94. The quantitative estimate of drug-likeness (QED) is 0.203. The maximum absolute atomic E-state index is 14.9. The third-order valence-electron chi connectivity index (χ3n) is 9.98. The van der Waals surface area contributed by atoms with Gasteiger partial charge in [0.2, 0.25) is 27.8 Å². The molecule has 4 amide bonds. The molecule has 2 aromatic rings. The molecule has 49 heavy (non-hydrogen) atoms.